The summed E-state index contributed by atoms with van der Waals surface area (Å²) >= 11 is 0. The normalized spacial score (nSPS) is 13.1. The highest BCUT2D eigenvalue weighted by atomic mass is 16.3. The standard InChI is InChI=1S/C27H35N3O2/c1-19-8-6-9-20(2)27(19)30-26(32)18-29-15-7-14-28-17-25(21(3)31)24-13-12-22-10-4-5-11-23(22)16-24/h4-6,8-13,16,21,25,28-29,31H,7,14-15,17-18H2,1-3H3,(H,30,32). The molecule has 170 valence electrons. The fraction of sp³-hybridized carbons (Fsp3) is 0.370. The Labute approximate surface area is 191 Å². The van der Waals surface area contributed by atoms with Gasteiger partial charge in [-0.05, 0) is 67.7 Å². The summed E-state index contributed by atoms with van der Waals surface area (Å²) in [7, 11) is 0. The molecule has 0 aromatic heterocycles. The van der Waals surface area contributed by atoms with Crippen LogP contribution >= 0.6 is 0 Å². The SMILES string of the molecule is Cc1cccc(C)c1NC(=O)CNCCCNCC(c1ccc2ccccc2c1)C(C)O. The highest BCUT2D eigenvalue weighted by Gasteiger charge is 2.17. The number of benzene rings is 3. The van der Waals surface area contributed by atoms with Crippen molar-refractivity contribution in [1.29, 1.82) is 0 Å². The van der Waals surface area contributed by atoms with Crippen LogP contribution in [0.25, 0.3) is 10.8 Å². The topological polar surface area (TPSA) is 73.4 Å². The van der Waals surface area contributed by atoms with Gasteiger partial charge in [0.25, 0.3) is 0 Å². The Balaban J connectivity index is 1.38. The van der Waals surface area contributed by atoms with Crippen molar-refractivity contribution >= 4 is 22.4 Å². The second-order valence-corrected chi connectivity index (χ2v) is 8.50. The zero-order valence-electron chi connectivity index (χ0n) is 19.3. The average Bonchev–Trinajstić information content (AvgIpc) is 2.77. The van der Waals surface area contributed by atoms with Crippen LogP contribution in [0.5, 0.6) is 0 Å². The molecule has 0 aliphatic rings. The Morgan fingerprint density at radius 2 is 1.59 bits per heavy atom. The highest BCUT2D eigenvalue weighted by Crippen LogP contribution is 2.24. The lowest BCUT2D eigenvalue weighted by Crippen LogP contribution is -2.32. The van der Waals surface area contributed by atoms with Crippen molar-refractivity contribution < 1.29 is 9.90 Å². The molecule has 0 saturated heterocycles. The monoisotopic (exact) mass is 433 g/mol. The van der Waals surface area contributed by atoms with Crippen LogP contribution < -0.4 is 16.0 Å². The molecule has 2 unspecified atom stereocenters. The number of nitrogens with one attached hydrogen (secondary N) is 3. The van der Waals surface area contributed by atoms with E-state index in [1.165, 1.54) is 10.8 Å². The van der Waals surface area contributed by atoms with E-state index < -0.39 is 6.10 Å². The van der Waals surface area contributed by atoms with Crippen molar-refractivity contribution in [1.82, 2.24) is 10.6 Å². The maximum absolute atomic E-state index is 12.2. The molecular formula is C27H35N3O2. The van der Waals surface area contributed by atoms with E-state index in [4.69, 9.17) is 0 Å². The van der Waals surface area contributed by atoms with E-state index in [9.17, 15) is 9.90 Å². The lowest BCUT2D eigenvalue weighted by atomic mass is 9.92. The average molecular weight is 434 g/mol. The smallest absolute Gasteiger partial charge is 0.238 e. The Hall–Kier alpha value is -2.73. The summed E-state index contributed by atoms with van der Waals surface area (Å²) in [5.41, 5.74) is 4.19. The third-order valence-corrected chi connectivity index (χ3v) is 5.89. The number of rotatable bonds is 11. The molecule has 0 aliphatic heterocycles. The number of carbonyl (C=O) groups is 1. The molecule has 4 N–H and O–H groups in total. The summed E-state index contributed by atoms with van der Waals surface area (Å²) in [6.45, 7) is 8.42. The minimum Gasteiger partial charge on any atom is -0.393 e. The van der Waals surface area contributed by atoms with E-state index in [1.54, 1.807) is 0 Å². The van der Waals surface area contributed by atoms with Gasteiger partial charge in [0.1, 0.15) is 0 Å². The van der Waals surface area contributed by atoms with Crippen LogP contribution in [0.4, 0.5) is 5.69 Å². The fourth-order valence-corrected chi connectivity index (χ4v) is 4.00. The molecule has 0 aliphatic carbocycles. The second-order valence-electron chi connectivity index (χ2n) is 8.50. The Morgan fingerprint density at radius 1 is 0.906 bits per heavy atom. The molecule has 3 aromatic rings. The predicted molar refractivity (Wildman–Crippen MR) is 133 cm³/mol. The Morgan fingerprint density at radius 3 is 2.31 bits per heavy atom. The van der Waals surface area contributed by atoms with Gasteiger partial charge in [-0.1, -0.05) is 60.7 Å². The summed E-state index contributed by atoms with van der Waals surface area (Å²) in [5, 5.41) is 22.4. The van der Waals surface area contributed by atoms with Crippen molar-refractivity contribution in [3.63, 3.8) is 0 Å². The quantitative estimate of drug-likeness (QED) is 0.343. The third kappa shape index (κ3) is 6.63. The molecule has 1 amide bonds. The lowest BCUT2D eigenvalue weighted by Gasteiger charge is -2.21. The third-order valence-electron chi connectivity index (χ3n) is 5.89. The molecule has 2 atom stereocenters. The van der Waals surface area contributed by atoms with Crippen molar-refractivity contribution in [2.45, 2.75) is 39.2 Å². The number of para-hydroxylation sites is 1. The number of aliphatic hydroxyl groups excluding tert-OH is 1. The van der Waals surface area contributed by atoms with Crippen LogP contribution in [0.15, 0.2) is 60.7 Å². The number of carbonyl (C=O) groups excluding carboxylic acids is 1. The van der Waals surface area contributed by atoms with Gasteiger partial charge >= 0.3 is 0 Å². The zero-order valence-corrected chi connectivity index (χ0v) is 19.3. The largest absolute Gasteiger partial charge is 0.393 e. The molecule has 3 rings (SSSR count). The lowest BCUT2D eigenvalue weighted by molar-refractivity contribution is -0.115. The first-order chi connectivity index (χ1) is 15.5. The molecule has 0 bridgehead atoms. The maximum atomic E-state index is 12.2. The van der Waals surface area contributed by atoms with E-state index in [0.717, 1.165) is 41.9 Å². The molecule has 0 heterocycles. The molecule has 3 aromatic carbocycles. The van der Waals surface area contributed by atoms with Crippen molar-refractivity contribution in [3.8, 4) is 0 Å². The van der Waals surface area contributed by atoms with Crippen LogP contribution in [0.3, 0.4) is 0 Å². The van der Waals surface area contributed by atoms with Gasteiger partial charge in [-0.15, -0.1) is 0 Å². The van der Waals surface area contributed by atoms with Gasteiger partial charge in [0.15, 0.2) is 0 Å². The van der Waals surface area contributed by atoms with Crippen LogP contribution in [-0.4, -0.2) is 43.3 Å². The van der Waals surface area contributed by atoms with Crippen molar-refractivity contribution in [2.75, 3.05) is 31.5 Å². The van der Waals surface area contributed by atoms with Gasteiger partial charge in [0, 0.05) is 18.2 Å². The van der Waals surface area contributed by atoms with Crippen LogP contribution in [0.1, 0.15) is 36.0 Å². The van der Waals surface area contributed by atoms with Crippen LogP contribution in [0, 0.1) is 13.8 Å². The van der Waals surface area contributed by atoms with Gasteiger partial charge in [0.2, 0.25) is 5.91 Å². The number of aryl methyl sites for hydroxylation is 2. The number of fused-ring (bicyclic) bond motifs is 1. The minimum atomic E-state index is -0.435. The van der Waals surface area contributed by atoms with Gasteiger partial charge < -0.3 is 21.1 Å². The van der Waals surface area contributed by atoms with Gasteiger partial charge in [-0.3, -0.25) is 4.79 Å². The molecule has 0 saturated carbocycles. The van der Waals surface area contributed by atoms with Crippen molar-refractivity contribution in [2.24, 2.45) is 0 Å². The molecule has 0 radical (unpaired) electrons. The number of hydrogen-bond acceptors (Lipinski definition) is 4. The number of amides is 1. The molecular weight excluding hydrogens is 398 g/mol. The first-order valence-electron chi connectivity index (χ1n) is 11.4. The number of hydrogen-bond donors (Lipinski definition) is 4. The number of aliphatic hydroxyl groups is 1. The summed E-state index contributed by atoms with van der Waals surface area (Å²) < 4.78 is 0. The highest BCUT2D eigenvalue weighted by molar-refractivity contribution is 5.93. The first-order valence-corrected chi connectivity index (χ1v) is 11.4. The summed E-state index contributed by atoms with van der Waals surface area (Å²) in [6, 6.07) is 20.7. The van der Waals surface area contributed by atoms with E-state index in [1.807, 2.05) is 51.1 Å². The second kappa shape index (κ2) is 11.8. The summed E-state index contributed by atoms with van der Waals surface area (Å²) in [4.78, 5) is 12.2. The molecule has 5 heteroatoms. The molecule has 5 nitrogen and oxygen atoms in total. The maximum Gasteiger partial charge on any atom is 0.238 e. The summed E-state index contributed by atoms with van der Waals surface area (Å²) in [5.74, 6) is 0.0107. The van der Waals surface area contributed by atoms with E-state index in [-0.39, 0.29) is 11.8 Å². The first kappa shape index (κ1) is 23.9. The van der Waals surface area contributed by atoms with E-state index >= 15 is 0 Å². The molecule has 32 heavy (non-hydrogen) atoms. The predicted octanol–water partition coefficient (Wildman–Crippen LogP) is 4.13. The fourth-order valence-electron chi connectivity index (χ4n) is 4.00. The van der Waals surface area contributed by atoms with E-state index in [2.05, 4.69) is 46.3 Å². The number of anilines is 1. The Bertz CT molecular complexity index is 1010. The Kier molecular flexibility index (Phi) is 8.80. The minimum absolute atomic E-state index is 0.0270. The molecule has 0 fully saturated rings. The van der Waals surface area contributed by atoms with Gasteiger partial charge in [-0.2, -0.15) is 0 Å². The van der Waals surface area contributed by atoms with Crippen LogP contribution in [-0.2, 0) is 4.79 Å². The van der Waals surface area contributed by atoms with Crippen LogP contribution in [0.2, 0.25) is 0 Å². The summed E-state index contributed by atoms with van der Waals surface area (Å²) in [6.07, 6.45) is 0.469. The zero-order chi connectivity index (χ0) is 22.9. The van der Waals surface area contributed by atoms with Crippen molar-refractivity contribution in [3.05, 3.63) is 77.4 Å². The van der Waals surface area contributed by atoms with E-state index in [0.29, 0.717) is 13.1 Å². The van der Waals surface area contributed by atoms with Gasteiger partial charge in [-0.25, -0.2) is 0 Å². The van der Waals surface area contributed by atoms with Gasteiger partial charge in [0.05, 0.1) is 12.6 Å². The molecule has 0 spiro atoms.